The maximum Gasteiger partial charge on any atom is 0.524 e. The van der Waals surface area contributed by atoms with Gasteiger partial charge in [-0.2, -0.15) is 5.01 Å². The largest absolute Gasteiger partial charge is 0.524 e. The monoisotopic (exact) mass is 167 g/mol. The number of ether oxygens (including phenoxy) is 1. The maximum atomic E-state index is 11.6. The summed E-state index contributed by atoms with van der Waals surface area (Å²) in [7, 11) is 1.40. The van der Waals surface area contributed by atoms with Crippen molar-refractivity contribution < 1.29 is 17.9 Å². The van der Waals surface area contributed by atoms with E-state index in [1.165, 1.54) is 19.3 Å². The van der Waals surface area contributed by atoms with Crippen LogP contribution in [-0.2, 0) is 4.74 Å². The van der Waals surface area contributed by atoms with E-state index in [1.807, 2.05) is 0 Å². The summed E-state index contributed by atoms with van der Waals surface area (Å²) >= 11 is 0. The molecule has 0 saturated carbocycles. The Morgan fingerprint density at radius 2 is 2.18 bits per heavy atom. The van der Waals surface area contributed by atoms with Gasteiger partial charge >= 0.3 is 6.36 Å². The van der Waals surface area contributed by atoms with Gasteiger partial charge in [0.25, 0.3) is 0 Å². The van der Waals surface area contributed by atoms with Gasteiger partial charge in [-0.15, -0.1) is 13.2 Å². The van der Waals surface area contributed by atoms with Crippen molar-refractivity contribution >= 4 is 0 Å². The standard InChI is InChI=1S/C5H6F3N2O/c1-10-4(2-3-9-10)11-5(6,7)8/h2-4H,1H3. The van der Waals surface area contributed by atoms with E-state index in [-0.39, 0.29) is 0 Å². The van der Waals surface area contributed by atoms with Gasteiger partial charge in [-0.3, -0.25) is 4.74 Å². The van der Waals surface area contributed by atoms with Gasteiger partial charge < -0.3 is 0 Å². The molecule has 1 aliphatic rings. The highest BCUT2D eigenvalue weighted by Gasteiger charge is 2.35. The van der Waals surface area contributed by atoms with Crippen molar-refractivity contribution in [1.29, 1.82) is 0 Å². The first-order valence-electron chi connectivity index (χ1n) is 2.84. The van der Waals surface area contributed by atoms with E-state index in [2.05, 4.69) is 10.2 Å². The molecule has 1 rings (SSSR count). The van der Waals surface area contributed by atoms with Crippen LogP contribution < -0.4 is 5.43 Å². The van der Waals surface area contributed by atoms with Gasteiger partial charge in [-0.25, -0.2) is 5.43 Å². The quantitative estimate of drug-likeness (QED) is 0.578. The van der Waals surface area contributed by atoms with E-state index in [9.17, 15) is 13.2 Å². The molecule has 0 aromatic carbocycles. The van der Waals surface area contributed by atoms with Crippen LogP contribution in [0.4, 0.5) is 13.2 Å². The first kappa shape index (κ1) is 8.35. The Kier molecular flexibility index (Phi) is 2.05. The minimum atomic E-state index is -4.61. The van der Waals surface area contributed by atoms with E-state index >= 15 is 0 Å². The van der Waals surface area contributed by atoms with E-state index in [0.717, 1.165) is 5.01 Å². The summed E-state index contributed by atoms with van der Waals surface area (Å²) in [4.78, 5) is 0. The minimum absolute atomic E-state index is 1.08. The summed E-state index contributed by atoms with van der Waals surface area (Å²) in [6.07, 6.45) is -3.25. The van der Waals surface area contributed by atoms with Crippen LogP contribution in [0.1, 0.15) is 0 Å². The number of halogens is 3. The van der Waals surface area contributed by atoms with Gasteiger partial charge in [0.15, 0.2) is 6.23 Å². The van der Waals surface area contributed by atoms with Gasteiger partial charge in [0, 0.05) is 13.2 Å². The Labute approximate surface area is 61.4 Å². The number of likely N-dealkylation sites (N-methyl/N-ethyl adjacent to an activating group) is 1. The molecule has 0 fully saturated rings. The lowest BCUT2D eigenvalue weighted by atomic mass is 10.5. The van der Waals surface area contributed by atoms with Gasteiger partial charge in [0.1, 0.15) is 0 Å². The molecule has 0 aromatic heterocycles. The van der Waals surface area contributed by atoms with Crippen molar-refractivity contribution in [2.45, 2.75) is 12.6 Å². The molecule has 0 spiro atoms. The molecule has 0 aromatic rings. The molecule has 1 atom stereocenters. The van der Waals surface area contributed by atoms with Crippen LogP contribution in [0.2, 0.25) is 0 Å². The molecule has 6 heteroatoms. The molecule has 1 radical (unpaired) electrons. The molecule has 1 unspecified atom stereocenters. The molecule has 63 valence electrons. The fraction of sp³-hybridized carbons (Fsp3) is 0.600. The van der Waals surface area contributed by atoms with Gasteiger partial charge in [0.05, 0.1) is 0 Å². The molecule has 11 heavy (non-hydrogen) atoms. The molecule has 0 bridgehead atoms. The lowest BCUT2D eigenvalue weighted by Crippen LogP contribution is -2.35. The van der Waals surface area contributed by atoms with E-state index in [1.54, 1.807) is 0 Å². The van der Waals surface area contributed by atoms with Crippen LogP contribution in [0.15, 0.2) is 12.3 Å². The second kappa shape index (κ2) is 2.71. The van der Waals surface area contributed by atoms with E-state index in [0.29, 0.717) is 0 Å². The summed E-state index contributed by atoms with van der Waals surface area (Å²) in [5.74, 6) is 0. The molecule has 1 aliphatic heterocycles. The summed E-state index contributed by atoms with van der Waals surface area (Å²) in [6, 6.07) is 0. The zero-order valence-corrected chi connectivity index (χ0v) is 5.67. The number of nitrogens with zero attached hydrogens (tertiary/aromatic N) is 2. The first-order valence-corrected chi connectivity index (χ1v) is 2.84. The smallest absolute Gasteiger partial charge is 0.267 e. The third kappa shape index (κ3) is 2.39. The summed E-state index contributed by atoms with van der Waals surface area (Å²) in [5, 5.41) is 1.08. The highest BCUT2D eigenvalue weighted by molar-refractivity contribution is 4.92. The number of hydrogen-bond acceptors (Lipinski definition) is 2. The lowest BCUT2D eigenvalue weighted by Gasteiger charge is -2.18. The highest BCUT2D eigenvalue weighted by Crippen LogP contribution is 2.21. The first-order chi connectivity index (χ1) is 4.99. The average Bonchev–Trinajstić information content (AvgIpc) is 2.12. The van der Waals surface area contributed by atoms with Crippen LogP contribution in [0.25, 0.3) is 0 Å². The maximum absolute atomic E-state index is 11.6. The Balaban J connectivity index is 2.43. The van der Waals surface area contributed by atoms with E-state index < -0.39 is 12.6 Å². The Bertz CT molecular complexity index is 168. The normalized spacial score (nSPS) is 25.6. The Morgan fingerprint density at radius 3 is 2.55 bits per heavy atom. The predicted molar refractivity (Wildman–Crippen MR) is 30.0 cm³/mol. The van der Waals surface area contributed by atoms with Crippen molar-refractivity contribution in [3.8, 4) is 0 Å². The molecule has 0 N–H and O–H groups in total. The summed E-state index contributed by atoms with van der Waals surface area (Å²) < 4.78 is 38.3. The SMILES string of the molecule is CN1[N]C=CC1OC(F)(F)F. The second-order valence-corrected chi connectivity index (χ2v) is 1.98. The molecule has 1 heterocycles. The van der Waals surface area contributed by atoms with Crippen LogP contribution in [-0.4, -0.2) is 24.6 Å². The molecular weight excluding hydrogens is 161 g/mol. The third-order valence-electron chi connectivity index (χ3n) is 1.12. The predicted octanol–water partition coefficient (Wildman–Crippen LogP) is 0.827. The summed E-state index contributed by atoms with van der Waals surface area (Å²) in [6.45, 7) is 0. The van der Waals surface area contributed by atoms with Crippen molar-refractivity contribution in [1.82, 2.24) is 10.4 Å². The van der Waals surface area contributed by atoms with Gasteiger partial charge in [-0.05, 0) is 6.08 Å². The van der Waals surface area contributed by atoms with Crippen molar-refractivity contribution in [3.63, 3.8) is 0 Å². The topological polar surface area (TPSA) is 26.6 Å². The minimum Gasteiger partial charge on any atom is -0.267 e. The third-order valence-corrected chi connectivity index (χ3v) is 1.12. The highest BCUT2D eigenvalue weighted by atomic mass is 19.4. The molecular formula is C5H6F3N2O. The van der Waals surface area contributed by atoms with Crippen LogP contribution in [0.5, 0.6) is 0 Å². The lowest BCUT2D eigenvalue weighted by molar-refractivity contribution is -0.351. The molecule has 3 nitrogen and oxygen atoms in total. The van der Waals surface area contributed by atoms with Crippen LogP contribution >= 0.6 is 0 Å². The zero-order chi connectivity index (χ0) is 8.48. The number of hydrogen-bond donors (Lipinski definition) is 0. The molecule has 0 aliphatic carbocycles. The van der Waals surface area contributed by atoms with Crippen LogP contribution in [0.3, 0.4) is 0 Å². The molecule has 0 saturated heterocycles. The average molecular weight is 167 g/mol. The van der Waals surface area contributed by atoms with Crippen molar-refractivity contribution in [2.24, 2.45) is 0 Å². The van der Waals surface area contributed by atoms with Gasteiger partial charge in [-0.1, -0.05) is 0 Å². The Morgan fingerprint density at radius 1 is 1.55 bits per heavy atom. The van der Waals surface area contributed by atoms with Gasteiger partial charge in [0.2, 0.25) is 0 Å². The number of alkyl halides is 3. The Hall–Kier alpha value is -0.750. The fourth-order valence-electron chi connectivity index (χ4n) is 0.660. The summed E-state index contributed by atoms with van der Waals surface area (Å²) in [5.41, 5.74) is 3.53. The zero-order valence-electron chi connectivity index (χ0n) is 5.67. The fourth-order valence-corrected chi connectivity index (χ4v) is 0.660. The van der Waals surface area contributed by atoms with E-state index in [4.69, 9.17) is 0 Å². The van der Waals surface area contributed by atoms with Crippen LogP contribution in [0, 0.1) is 0 Å². The van der Waals surface area contributed by atoms with Crippen molar-refractivity contribution in [2.75, 3.05) is 7.05 Å². The van der Waals surface area contributed by atoms with Crippen molar-refractivity contribution in [3.05, 3.63) is 12.3 Å². The number of rotatable bonds is 1. The molecule has 0 amide bonds. The second-order valence-electron chi connectivity index (χ2n) is 1.98.